The van der Waals surface area contributed by atoms with Gasteiger partial charge in [-0.15, -0.1) is 0 Å². The lowest BCUT2D eigenvalue weighted by Crippen LogP contribution is -2.26. The Morgan fingerprint density at radius 3 is 2.20 bits per heavy atom. The molecule has 0 unspecified atom stereocenters. The third-order valence-corrected chi connectivity index (χ3v) is 2.70. The smallest absolute Gasteiger partial charge is 0.358 e. The molecule has 0 spiro atoms. The largest absolute Gasteiger partial charge is 1.00 e. The van der Waals surface area contributed by atoms with Crippen LogP contribution in [0.1, 0.15) is 22.2 Å². The van der Waals surface area contributed by atoms with Gasteiger partial charge in [-0.25, -0.2) is 0 Å². The third-order valence-electron chi connectivity index (χ3n) is 1.29. The predicted octanol–water partition coefficient (Wildman–Crippen LogP) is 2.48. The predicted molar refractivity (Wildman–Crippen MR) is 54.8 cm³/mol. The van der Waals surface area contributed by atoms with Crippen LogP contribution in [-0.2, 0) is 0 Å². The Labute approximate surface area is 74.7 Å². The number of nitrogens with zero attached hydrogens (tertiary/aromatic N) is 1. The summed E-state index contributed by atoms with van der Waals surface area (Å²) in [5.74, 6) is 1.08. The van der Waals surface area contributed by atoms with Crippen LogP contribution in [0.2, 0.25) is 0 Å². The molecule has 0 atom stereocenters. The van der Waals surface area contributed by atoms with Crippen molar-refractivity contribution in [1.82, 2.24) is 4.90 Å². The summed E-state index contributed by atoms with van der Waals surface area (Å²) in [5.41, 5.74) is 0. The van der Waals surface area contributed by atoms with Gasteiger partial charge in [0, 0.05) is 13.1 Å². The lowest BCUT2D eigenvalue weighted by atomic mass is 10.6. The van der Waals surface area contributed by atoms with Crippen molar-refractivity contribution in [3.05, 3.63) is 0 Å². The molecule has 0 fully saturated rings. The molecule has 0 N–H and O–H groups in total. The summed E-state index contributed by atoms with van der Waals surface area (Å²) in [6.45, 7) is 8.45. The van der Waals surface area contributed by atoms with Gasteiger partial charge in [0.2, 0.25) is 0 Å². The summed E-state index contributed by atoms with van der Waals surface area (Å²) in [4.78, 5) is 2.20. The van der Waals surface area contributed by atoms with Gasteiger partial charge < -0.3 is 4.90 Å². The van der Waals surface area contributed by atoms with Crippen LogP contribution in [0.3, 0.4) is 0 Å². The maximum absolute atomic E-state index is 5.16. The van der Waals surface area contributed by atoms with E-state index in [2.05, 4.69) is 25.7 Å². The van der Waals surface area contributed by atoms with E-state index in [1.165, 1.54) is 0 Å². The quantitative estimate of drug-likeness (QED) is 0.611. The molecular formula is C7H16NS2+. The zero-order valence-corrected chi connectivity index (χ0v) is 8.52. The van der Waals surface area contributed by atoms with Crippen LogP contribution in [0.15, 0.2) is 0 Å². The van der Waals surface area contributed by atoms with Crippen molar-refractivity contribution in [2.75, 3.05) is 18.8 Å². The van der Waals surface area contributed by atoms with E-state index in [4.69, 9.17) is 12.2 Å². The fourth-order valence-electron chi connectivity index (χ4n) is 0.697. The average Bonchev–Trinajstić information content (AvgIpc) is 1.91. The molecule has 0 radical (unpaired) electrons. The Morgan fingerprint density at radius 1 is 1.40 bits per heavy atom. The highest BCUT2D eigenvalue weighted by Crippen LogP contribution is 2.07. The van der Waals surface area contributed by atoms with Crippen LogP contribution in [-0.4, -0.2) is 28.1 Å². The van der Waals surface area contributed by atoms with Gasteiger partial charge in [0.1, 0.15) is 4.32 Å². The van der Waals surface area contributed by atoms with E-state index in [1.54, 1.807) is 11.8 Å². The highest BCUT2D eigenvalue weighted by molar-refractivity contribution is 8.22. The normalized spacial score (nSPS) is 9.50. The summed E-state index contributed by atoms with van der Waals surface area (Å²) >= 11 is 6.91. The first-order chi connectivity index (χ1) is 4.76. The summed E-state index contributed by atoms with van der Waals surface area (Å²) in [6, 6.07) is 0. The maximum Gasteiger partial charge on any atom is 1.00 e. The van der Waals surface area contributed by atoms with E-state index in [9.17, 15) is 0 Å². The van der Waals surface area contributed by atoms with Gasteiger partial charge in [-0.1, -0.05) is 30.9 Å². The van der Waals surface area contributed by atoms with Gasteiger partial charge in [0.15, 0.2) is 0 Å². The first kappa shape index (κ1) is 10.2. The topological polar surface area (TPSA) is 3.24 Å². The molecule has 0 saturated heterocycles. The molecule has 0 aromatic heterocycles. The first-order valence-corrected chi connectivity index (χ1v) is 5.07. The van der Waals surface area contributed by atoms with E-state index < -0.39 is 0 Å². The van der Waals surface area contributed by atoms with Crippen LogP contribution < -0.4 is 0 Å². The van der Waals surface area contributed by atoms with Crippen molar-refractivity contribution in [2.24, 2.45) is 0 Å². The standard InChI is InChI=1S/C7H15NS2/c1-4-8(5-2)7(9)10-6-3/h4-6H2,1-3H3/p+1. The molecule has 0 heterocycles. The van der Waals surface area contributed by atoms with Crippen molar-refractivity contribution in [2.45, 2.75) is 20.8 Å². The first-order valence-electron chi connectivity index (χ1n) is 3.67. The van der Waals surface area contributed by atoms with Crippen LogP contribution in [0.25, 0.3) is 0 Å². The van der Waals surface area contributed by atoms with Crippen molar-refractivity contribution < 1.29 is 1.43 Å². The molecule has 3 heteroatoms. The number of hydrogen-bond donors (Lipinski definition) is 0. The molecule has 0 aromatic rings. The van der Waals surface area contributed by atoms with Crippen molar-refractivity contribution in [1.29, 1.82) is 0 Å². The molecule has 0 aliphatic rings. The minimum atomic E-state index is 0. The lowest BCUT2D eigenvalue weighted by Gasteiger charge is -2.20. The van der Waals surface area contributed by atoms with Crippen molar-refractivity contribution in [3.8, 4) is 0 Å². The monoisotopic (exact) mass is 178 g/mol. The van der Waals surface area contributed by atoms with Gasteiger partial charge in [0.25, 0.3) is 0 Å². The molecule has 1 nitrogen and oxygen atoms in total. The summed E-state index contributed by atoms with van der Waals surface area (Å²) in [6.07, 6.45) is 0. The highest BCUT2D eigenvalue weighted by atomic mass is 32.2. The van der Waals surface area contributed by atoms with Crippen LogP contribution in [0, 0.1) is 0 Å². The lowest BCUT2D eigenvalue weighted by molar-refractivity contribution is 0.482. The Kier molecular flexibility index (Phi) is 6.13. The zero-order valence-electron chi connectivity index (χ0n) is 7.89. The number of rotatable bonds is 3. The van der Waals surface area contributed by atoms with Gasteiger partial charge >= 0.3 is 1.43 Å². The molecule has 0 amide bonds. The van der Waals surface area contributed by atoms with E-state index in [-0.39, 0.29) is 1.43 Å². The van der Waals surface area contributed by atoms with Crippen molar-refractivity contribution >= 4 is 28.3 Å². The highest BCUT2D eigenvalue weighted by Gasteiger charge is 2.02. The minimum absolute atomic E-state index is 0. The van der Waals surface area contributed by atoms with E-state index >= 15 is 0 Å². The van der Waals surface area contributed by atoms with Gasteiger partial charge in [-0.3, -0.25) is 0 Å². The van der Waals surface area contributed by atoms with Crippen molar-refractivity contribution in [3.63, 3.8) is 0 Å². The Bertz CT molecular complexity index is 105. The van der Waals surface area contributed by atoms with Crippen LogP contribution in [0.5, 0.6) is 0 Å². The molecule has 0 aliphatic carbocycles. The zero-order chi connectivity index (χ0) is 7.98. The molecule has 10 heavy (non-hydrogen) atoms. The Morgan fingerprint density at radius 2 is 1.90 bits per heavy atom. The molecule has 0 saturated carbocycles. The second kappa shape index (κ2) is 5.98. The second-order valence-corrected chi connectivity index (χ2v) is 3.77. The van der Waals surface area contributed by atoms with Crippen LogP contribution in [0.4, 0.5) is 0 Å². The van der Waals surface area contributed by atoms with Gasteiger partial charge in [-0.05, 0) is 19.6 Å². The molecule has 0 aromatic carbocycles. The average molecular weight is 178 g/mol. The molecule has 0 bridgehead atoms. The molecule has 60 valence electrons. The fourth-order valence-corrected chi connectivity index (χ4v) is 2.00. The Hall–Kier alpha value is 0.240. The summed E-state index contributed by atoms with van der Waals surface area (Å²) < 4.78 is 1.03. The number of hydrogen-bond acceptors (Lipinski definition) is 2. The second-order valence-electron chi connectivity index (χ2n) is 1.87. The molecule has 0 aliphatic heterocycles. The minimum Gasteiger partial charge on any atom is -0.358 e. The maximum atomic E-state index is 5.16. The SMILES string of the molecule is CCSC(=S)N(CC)CC.[H+]. The number of thiocarbonyl (C=S) groups is 1. The summed E-state index contributed by atoms with van der Waals surface area (Å²) in [5, 5.41) is 0. The molecular weight excluding hydrogens is 162 g/mol. The summed E-state index contributed by atoms with van der Waals surface area (Å²) in [7, 11) is 0. The third kappa shape index (κ3) is 3.42. The van der Waals surface area contributed by atoms with E-state index in [0.29, 0.717) is 0 Å². The molecule has 0 rings (SSSR count). The number of thioether (sulfide) groups is 1. The van der Waals surface area contributed by atoms with Gasteiger partial charge in [0.05, 0.1) is 0 Å². The van der Waals surface area contributed by atoms with Crippen LogP contribution >= 0.6 is 24.0 Å². The van der Waals surface area contributed by atoms with Gasteiger partial charge in [-0.2, -0.15) is 0 Å². The fraction of sp³-hybridized carbons (Fsp3) is 0.857. The van der Waals surface area contributed by atoms with E-state index in [1.807, 2.05) is 0 Å². The Balaban J connectivity index is 0. The van der Waals surface area contributed by atoms with E-state index in [0.717, 1.165) is 23.2 Å².